The zero-order valence-corrected chi connectivity index (χ0v) is 83.7. The summed E-state index contributed by atoms with van der Waals surface area (Å²) < 4.78 is 0. The number of hydrogen-bond acceptors (Lipinski definition) is 40. The van der Waals surface area contributed by atoms with Crippen LogP contribution in [-0.4, -0.2) is 440 Å². The maximum absolute atomic E-state index is 8.56. The number of hydrogen-bond donors (Lipinski definition) is 50. The van der Waals surface area contributed by atoms with Gasteiger partial charge in [-0.05, 0) is 0 Å². The molecule has 0 amide bonds. The summed E-state index contributed by atoms with van der Waals surface area (Å²) in [5.74, 6) is 0. The van der Waals surface area contributed by atoms with Crippen molar-refractivity contribution >= 4 is 185 Å². The van der Waals surface area contributed by atoms with Gasteiger partial charge in [0.15, 0.2) is 0 Å². The van der Waals surface area contributed by atoms with E-state index in [0.717, 1.165) is 0 Å². The zero-order valence-electron chi connectivity index (χ0n) is 63.7. The van der Waals surface area contributed by atoms with Crippen LogP contribution in [0.25, 0.3) is 0 Å². The fourth-order valence-corrected chi connectivity index (χ4v) is 0. The molecule has 0 aliphatic rings. The van der Waals surface area contributed by atoms with Crippen LogP contribution in [0.3, 0.4) is 0 Å². The molecule has 50 N–H and O–H groups in total. The van der Waals surface area contributed by atoms with Gasteiger partial charge in [0.05, 0.1) is 0 Å². The molecule has 0 aromatic rings. The number of carbonyl (C=O) groups is 30. The van der Waals surface area contributed by atoms with Gasteiger partial charge in [0.2, 0.25) is 61.6 Å². The maximum atomic E-state index is 8.56. The Bertz CT molecular complexity index is 1720. The fourth-order valence-electron chi connectivity index (χ4n) is 0. The summed E-state index contributed by atoms with van der Waals surface area (Å²) in [4.78, 5) is 256. The quantitative estimate of drug-likeness (QED) is 0.100. The number of rotatable bonds is 0. The second-order valence-corrected chi connectivity index (χ2v) is 8.31. The van der Waals surface area contributed by atoms with Crippen LogP contribution in [0.1, 0.15) is 0 Å². The molecule has 720 valence electrons. The van der Waals surface area contributed by atoms with Gasteiger partial charge in [-0.2, -0.15) is 0 Å². The molecule has 90 nitrogen and oxygen atoms in total. The molecule has 0 saturated carbocycles. The summed E-state index contributed by atoms with van der Waals surface area (Å²) in [7, 11) is 0. The molecule has 0 fully saturated rings. The van der Waals surface area contributed by atoms with E-state index in [4.69, 9.17) is 450 Å². The molecular formula is C30H50Na10O90. The molecule has 0 spiro atoms. The molecular weight excluding hydrogens is 2030 g/mol. The zero-order chi connectivity index (χ0) is 107. The Balaban J connectivity index is -0.0000000169. The molecule has 0 saturated heterocycles. The fraction of sp³-hybridized carbons (Fsp3) is 0. The van der Waals surface area contributed by atoms with Crippen molar-refractivity contribution in [2.45, 2.75) is 0 Å². The summed E-state index contributed by atoms with van der Waals surface area (Å²) >= 11 is 0. The van der Waals surface area contributed by atoms with Gasteiger partial charge in [0.25, 0.3) is 0 Å². The van der Waals surface area contributed by atoms with E-state index in [9.17, 15) is 0 Å². The van der Waals surface area contributed by atoms with E-state index in [2.05, 4.69) is 0 Å². The Morgan fingerprint density at radius 2 is 0.0769 bits per heavy atom. The monoisotopic (exact) mass is 2080 g/mol. The molecule has 0 aliphatic heterocycles. The van der Waals surface area contributed by atoms with Crippen LogP contribution in [0.4, 0.5) is 144 Å². The summed E-state index contributed by atoms with van der Waals surface area (Å²) in [6.45, 7) is 0. The van der Waals surface area contributed by atoms with Crippen molar-refractivity contribution in [3.05, 3.63) is 0 Å². The average molecular weight is 2080 g/mol. The third kappa shape index (κ3) is 10900. The van der Waals surface area contributed by atoms with Crippen molar-refractivity contribution in [3.63, 3.8) is 0 Å². The number of carboxylic acid groups (broad SMARTS) is 60. The first-order valence-corrected chi connectivity index (χ1v) is 19.3. The van der Waals surface area contributed by atoms with Crippen molar-refractivity contribution < 1.29 is 746 Å². The van der Waals surface area contributed by atoms with Crippen LogP contribution in [0.15, 0.2) is 0 Å². The largest absolute Gasteiger partial charge is 1.00 e. The Morgan fingerprint density at radius 1 is 0.0769 bits per heavy atom. The van der Waals surface area contributed by atoms with Crippen LogP contribution in [0, 0.1) is 0 Å². The van der Waals surface area contributed by atoms with Crippen LogP contribution >= 0.6 is 0 Å². The van der Waals surface area contributed by atoms with Gasteiger partial charge in [0.1, 0.15) is 0 Å². The van der Waals surface area contributed by atoms with Crippen molar-refractivity contribution in [1.82, 2.24) is 0 Å². The molecule has 0 heterocycles. The first-order valence-electron chi connectivity index (χ1n) is 19.3. The first-order chi connectivity index (χ1) is 52.0. The van der Waals surface area contributed by atoms with Gasteiger partial charge in [-0.1, -0.05) is 0 Å². The van der Waals surface area contributed by atoms with Gasteiger partial charge in [0, 0.05) is 0 Å². The molecule has 0 radical (unpaired) electrons. The second-order valence-electron chi connectivity index (χ2n) is 8.31. The molecule has 0 atom stereocenters. The van der Waals surface area contributed by atoms with E-state index in [0.29, 0.717) is 0 Å². The minimum atomic E-state index is -2.08. The minimum Gasteiger partial charge on any atom is -0.565 e. The van der Waals surface area contributed by atoms with E-state index in [1.807, 2.05) is 0 Å². The van der Waals surface area contributed by atoms with Crippen molar-refractivity contribution in [2.75, 3.05) is 0 Å². The SMILES string of the molecule is O=C(O)O.O=C(O)O.O=C(O)O.O=C(O)O.O=C(O)O.O=C(O)O.O=C(O)O.O=C(O)O.O=C(O)O.O=C(O)O.O=C(O)O.O=C(O)O.O=C(O)O.O=C(O)O.O=C(O)O.O=C(O)O.O=C(O)O.O=C(O)O.O=C(O)O.O=C(O)O.O=C([O-])O.O=C([O-])O.O=C([O-])O.O=C([O-])O.O=C([O-])O.O=C([O-])O.O=C([O-])O.O=C([O-])O.O=C([O-])O.O=C([O-])O.[Na+].[Na+].[Na+].[Na+].[Na+].[Na+].[Na+].[Na+].[Na+].[Na+]. The predicted octanol–water partition coefficient (Wildman–Crippen LogP) is -36.6. The van der Waals surface area contributed by atoms with Gasteiger partial charge in [-0.3, -0.25) is 0 Å². The van der Waals surface area contributed by atoms with E-state index in [-0.39, 0.29) is 296 Å². The Hall–Kier alpha value is -11.9. The predicted molar refractivity (Wildman–Crippen MR) is 293 cm³/mol. The average Bonchev–Trinajstić information content (AvgIpc) is 3.29. The summed E-state index contributed by atoms with van der Waals surface area (Å²) in [5, 5.41) is 432. The van der Waals surface area contributed by atoms with E-state index >= 15 is 0 Å². The molecule has 100 heteroatoms. The molecule has 0 aromatic carbocycles. The van der Waals surface area contributed by atoms with Gasteiger partial charge in [-0.25, -0.2) is 95.9 Å². The topological polar surface area (TPSA) is 1750 Å². The summed E-state index contributed by atoms with van der Waals surface area (Å²) in [6, 6.07) is 0. The summed E-state index contributed by atoms with van der Waals surface area (Å²) in [5.41, 5.74) is 0. The second kappa shape index (κ2) is 259. The van der Waals surface area contributed by atoms with Crippen LogP contribution < -0.4 is 347 Å². The van der Waals surface area contributed by atoms with Crippen LogP contribution in [0.2, 0.25) is 0 Å². The van der Waals surface area contributed by atoms with E-state index in [1.165, 1.54) is 0 Å². The smallest absolute Gasteiger partial charge is 0.565 e. The summed E-state index contributed by atoms with van der Waals surface area (Å²) in [6.07, 6.45) is -57.5. The first kappa shape index (κ1) is 265. The Morgan fingerprint density at radius 3 is 0.0769 bits per heavy atom. The normalized spacial score (nSPS) is 5.54. The molecule has 0 rings (SSSR count). The molecule has 0 unspecified atom stereocenters. The standard InChI is InChI=1S/30CH2O3.10Na/c30*2-1(3)4;;;;;;;;;;/h30*(H2,2,3,4);;;;;;;;;;/q;;;;;;;;;;;;;;;;;;;;;;;;;;;;;;10*+1/p-10. The third-order valence-corrected chi connectivity index (χ3v) is 0. The van der Waals surface area contributed by atoms with Gasteiger partial charge >= 0.3 is 419 Å². The third-order valence-electron chi connectivity index (χ3n) is 0. The molecule has 130 heavy (non-hydrogen) atoms. The van der Waals surface area contributed by atoms with Gasteiger partial charge in [-0.15, -0.1) is 0 Å². The molecule has 0 bridgehead atoms. The van der Waals surface area contributed by atoms with Crippen molar-refractivity contribution in [1.29, 1.82) is 0 Å². The Kier molecular flexibility index (Phi) is 528. The van der Waals surface area contributed by atoms with Crippen molar-refractivity contribution in [2.24, 2.45) is 0 Å². The van der Waals surface area contributed by atoms with Crippen LogP contribution in [0.5, 0.6) is 0 Å². The van der Waals surface area contributed by atoms with E-state index in [1.54, 1.807) is 0 Å². The van der Waals surface area contributed by atoms with E-state index < -0.39 is 185 Å². The van der Waals surface area contributed by atoms with Gasteiger partial charge < -0.3 is 354 Å². The van der Waals surface area contributed by atoms with Crippen molar-refractivity contribution in [3.8, 4) is 0 Å². The Labute approximate surface area is 919 Å². The molecule has 0 aromatic heterocycles. The minimum absolute atomic E-state index is 0. The maximum Gasteiger partial charge on any atom is 1.00 e. The molecule has 0 aliphatic carbocycles. The van der Waals surface area contributed by atoms with Crippen LogP contribution in [-0.2, 0) is 0 Å².